The lowest BCUT2D eigenvalue weighted by Gasteiger charge is -2.11. The first kappa shape index (κ1) is 17.7. The number of rotatable bonds is 7. The van der Waals surface area contributed by atoms with E-state index in [2.05, 4.69) is 10.2 Å². The molecule has 3 aromatic rings. The van der Waals surface area contributed by atoms with Crippen LogP contribution in [0.3, 0.4) is 0 Å². The summed E-state index contributed by atoms with van der Waals surface area (Å²) in [5.41, 5.74) is 0.428. The molecule has 1 aliphatic heterocycles. The molecule has 7 nitrogen and oxygen atoms in total. The molecule has 2 aromatic heterocycles. The number of thiophene rings is 1. The van der Waals surface area contributed by atoms with Crippen LogP contribution in [0.15, 0.2) is 46.2 Å². The summed E-state index contributed by atoms with van der Waals surface area (Å²) in [5, 5.41) is 9.77. The maximum atomic E-state index is 12.2. The molecule has 0 radical (unpaired) electrons. The van der Waals surface area contributed by atoms with Crippen LogP contribution < -0.4 is 4.74 Å². The smallest absolute Gasteiger partial charge is 0.338 e. The fourth-order valence-electron chi connectivity index (χ4n) is 2.67. The summed E-state index contributed by atoms with van der Waals surface area (Å²) >= 11 is 1.50. The molecule has 0 aliphatic carbocycles. The predicted octanol–water partition coefficient (Wildman–Crippen LogP) is 3.71. The Balaban J connectivity index is 1.28. The Bertz CT molecular complexity index is 870. The Hall–Kier alpha value is -2.71. The molecule has 1 saturated heterocycles. The van der Waals surface area contributed by atoms with Crippen LogP contribution in [0.1, 0.15) is 29.1 Å². The Morgan fingerprint density at radius 1 is 1.22 bits per heavy atom. The monoisotopic (exact) mass is 386 g/mol. The van der Waals surface area contributed by atoms with Gasteiger partial charge in [0.1, 0.15) is 12.4 Å². The second-order valence-electron chi connectivity index (χ2n) is 6.02. The van der Waals surface area contributed by atoms with Gasteiger partial charge in [-0.3, -0.25) is 0 Å². The van der Waals surface area contributed by atoms with Crippen LogP contribution in [0.5, 0.6) is 5.75 Å². The number of carbonyl (C=O) groups excluding carboxylic acids is 1. The maximum absolute atomic E-state index is 12.2. The van der Waals surface area contributed by atoms with Gasteiger partial charge >= 0.3 is 5.97 Å². The highest BCUT2D eigenvalue weighted by Crippen LogP contribution is 2.23. The number of esters is 1. The van der Waals surface area contributed by atoms with Crippen LogP contribution in [-0.4, -0.2) is 35.5 Å². The summed E-state index contributed by atoms with van der Waals surface area (Å²) in [6, 6.07) is 10.6. The van der Waals surface area contributed by atoms with Crippen molar-refractivity contribution in [1.82, 2.24) is 10.2 Å². The van der Waals surface area contributed by atoms with Gasteiger partial charge < -0.3 is 18.6 Å². The number of aromatic nitrogens is 2. The Kier molecular flexibility index (Phi) is 5.45. The van der Waals surface area contributed by atoms with Crippen LogP contribution in [0, 0.1) is 0 Å². The second-order valence-corrected chi connectivity index (χ2v) is 6.97. The van der Waals surface area contributed by atoms with Crippen molar-refractivity contribution >= 4 is 17.3 Å². The number of benzene rings is 1. The summed E-state index contributed by atoms with van der Waals surface area (Å²) in [6.07, 6.45) is 2.25. The second kappa shape index (κ2) is 8.32. The molecule has 0 unspecified atom stereocenters. The van der Waals surface area contributed by atoms with Crippen molar-refractivity contribution in [2.24, 2.45) is 0 Å². The first-order valence-corrected chi connectivity index (χ1v) is 9.54. The molecular formula is C19H18N2O5S. The molecule has 0 spiro atoms. The topological polar surface area (TPSA) is 83.7 Å². The van der Waals surface area contributed by atoms with E-state index in [-0.39, 0.29) is 18.6 Å². The SMILES string of the molecule is O=C(OCc1nnc(-c2cccs2)o1)c1ccc(OC[C@H]2CCCO2)cc1. The van der Waals surface area contributed by atoms with Crippen molar-refractivity contribution in [3.8, 4) is 16.5 Å². The van der Waals surface area contributed by atoms with E-state index in [0.29, 0.717) is 23.8 Å². The first-order valence-electron chi connectivity index (χ1n) is 8.66. The van der Waals surface area contributed by atoms with Crippen LogP contribution in [0.2, 0.25) is 0 Å². The van der Waals surface area contributed by atoms with E-state index in [4.69, 9.17) is 18.6 Å². The van der Waals surface area contributed by atoms with Gasteiger partial charge in [-0.2, -0.15) is 0 Å². The molecule has 0 amide bonds. The Morgan fingerprint density at radius 2 is 2.11 bits per heavy atom. The van der Waals surface area contributed by atoms with Crippen LogP contribution >= 0.6 is 11.3 Å². The molecule has 0 bridgehead atoms. The molecule has 1 aliphatic rings. The third-order valence-electron chi connectivity index (χ3n) is 4.08. The average molecular weight is 386 g/mol. The molecule has 3 heterocycles. The van der Waals surface area contributed by atoms with Crippen LogP contribution in [0.4, 0.5) is 0 Å². The van der Waals surface area contributed by atoms with E-state index in [1.54, 1.807) is 24.3 Å². The minimum absolute atomic E-state index is 0.0749. The molecule has 1 aromatic carbocycles. The zero-order valence-corrected chi connectivity index (χ0v) is 15.3. The molecule has 1 atom stereocenters. The van der Waals surface area contributed by atoms with Gasteiger partial charge in [-0.1, -0.05) is 6.07 Å². The number of carbonyl (C=O) groups is 1. The summed E-state index contributed by atoms with van der Waals surface area (Å²) in [4.78, 5) is 13.0. The molecule has 140 valence electrons. The Labute approximate surface area is 159 Å². The zero-order valence-electron chi connectivity index (χ0n) is 14.5. The molecule has 0 saturated carbocycles. The largest absolute Gasteiger partial charge is 0.491 e. The van der Waals surface area contributed by atoms with E-state index in [9.17, 15) is 4.79 Å². The van der Waals surface area contributed by atoms with Gasteiger partial charge in [0.15, 0.2) is 6.61 Å². The molecular weight excluding hydrogens is 368 g/mol. The fraction of sp³-hybridized carbons (Fsp3) is 0.316. The summed E-state index contributed by atoms with van der Waals surface area (Å²) < 4.78 is 21.9. The number of hydrogen-bond acceptors (Lipinski definition) is 8. The highest BCUT2D eigenvalue weighted by Gasteiger charge is 2.16. The normalized spacial score (nSPS) is 16.4. The summed E-state index contributed by atoms with van der Waals surface area (Å²) in [6.45, 7) is 1.25. The standard InChI is InChI=1S/C19H18N2O5S/c22-19(25-12-17-20-21-18(26-17)16-4-2-10-27-16)13-5-7-14(8-6-13)24-11-15-3-1-9-23-15/h2,4-8,10,15H,1,3,9,11-12H2/t15-/m1/s1. The first-order chi connectivity index (χ1) is 13.3. The minimum Gasteiger partial charge on any atom is -0.491 e. The quantitative estimate of drug-likeness (QED) is 0.572. The van der Waals surface area contributed by atoms with Gasteiger partial charge in [0.25, 0.3) is 11.8 Å². The van der Waals surface area contributed by atoms with E-state index in [1.165, 1.54) is 11.3 Å². The van der Waals surface area contributed by atoms with Gasteiger partial charge in [-0.05, 0) is 48.6 Å². The van der Waals surface area contributed by atoms with Gasteiger partial charge in [-0.25, -0.2) is 4.79 Å². The van der Waals surface area contributed by atoms with Gasteiger partial charge in [0, 0.05) is 6.61 Å². The highest BCUT2D eigenvalue weighted by molar-refractivity contribution is 7.13. The van der Waals surface area contributed by atoms with E-state index >= 15 is 0 Å². The van der Waals surface area contributed by atoms with E-state index < -0.39 is 5.97 Å². The summed E-state index contributed by atoms with van der Waals surface area (Å²) in [5.74, 6) is 0.906. The van der Waals surface area contributed by atoms with E-state index in [1.807, 2.05) is 17.5 Å². The number of hydrogen-bond donors (Lipinski definition) is 0. The number of ether oxygens (including phenoxy) is 3. The molecule has 1 fully saturated rings. The highest BCUT2D eigenvalue weighted by atomic mass is 32.1. The fourth-order valence-corrected chi connectivity index (χ4v) is 3.32. The predicted molar refractivity (Wildman–Crippen MR) is 97.6 cm³/mol. The summed E-state index contributed by atoms with van der Waals surface area (Å²) in [7, 11) is 0. The molecule has 4 rings (SSSR count). The molecule has 27 heavy (non-hydrogen) atoms. The van der Waals surface area contributed by atoms with Gasteiger partial charge in [-0.15, -0.1) is 21.5 Å². The lowest BCUT2D eigenvalue weighted by atomic mass is 10.2. The zero-order chi connectivity index (χ0) is 18.5. The Morgan fingerprint density at radius 3 is 2.85 bits per heavy atom. The van der Waals surface area contributed by atoms with Gasteiger partial charge in [0.2, 0.25) is 0 Å². The molecule has 8 heteroatoms. The van der Waals surface area contributed by atoms with Crippen molar-refractivity contribution in [2.75, 3.05) is 13.2 Å². The molecule has 0 N–H and O–H groups in total. The third-order valence-corrected chi connectivity index (χ3v) is 4.93. The minimum atomic E-state index is -0.462. The average Bonchev–Trinajstić information content (AvgIpc) is 3.47. The third kappa shape index (κ3) is 4.53. The number of nitrogens with zero attached hydrogens (tertiary/aromatic N) is 2. The van der Waals surface area contributed by atoms with Gasteiger partial charge in [0.05, 0.1) is 16.5 Å². The maximum Gasteiger partial charge on any atom is 0.338 e. The van der Waals surface area contributed by atoms with Crippen molar-refractivity contribution in [3.05, 3.63) is 53.2 Å². The van der Waals surface area contributed by atoms with Crippen molar-refractivity contribution in [3.63, 3.8) is 0 Å². The van der Waals surface area contributed by atoms with Crippen LogP contribution in [-0.2, 0) is 16.1 Å². The van der Waals surface area contributed by atoms with E-state index in [0.717, 1.165) is 24.3 Å². The van der Waals surface area contributed by atoms with Crippen molar-refractivity contribution < 1.29 is 23.4 Å². The lowest BCUT2D eigenvalue weighted by molar-refractivity contribution is 0.0438. The van der Waals surface area contributed by atoms with Crippen molar-refractivity contribution in [2.45, 2.75) is 25.6 Å². The lowest BCUT2D eigenvalue weighted by Crippen LogP contribution is -2.16. The van der Waals surface area contributed by atoms with Crippen molar-refractivity contribution in [1.29, 1.82) is 0 Å². The van der Waals surface area contributed by atoms with Crippen LogP contribution in [0.25, 0.3) is 10.8 Å².